The SMILES string of the molecule is COc1ccc(NC(=O)Cn2nnc(C(=O)Nc3ccccc3)c2N)cc1. The van der Waals surface area contributed by atoms with Crippen LogP contribution in [0, 0.1) is 0 Å². The first-order valence-corrected chi connectivity index (χ1v) is 8.06. The highest BCUT2D eigenvalue weighted by Gasteiger charge is 2.19. The molecule has 0 saturated heterocycles. The second kappa shape index (κ2) is 8.00. The van der Waals surface area contributed by atoms with Gasteiger partial charge in [-0.05, 0) is 36.4 Å². The zero-order chi connectivity index (χ0) is 19.2. The minimum atomic E-state index is -0.500. The van der Waals surface area contributed by atoms with Gasteiger partial charge in [-0.15, -0.1) is 5.10 Å². The summed E-state index contributed by atoms with van der Waals surface area (Å²) in [5.74, 6) is -0.164. The smallest absolute Gasteiger partial charge is 0.280 e. The van der Waals surface area contributed by atoms with Crippen LogP contribution in [0.25, 0.3) is 0 Å². The van der Waals surface area contributed by atoms with E-state index in [0.29, 0.717) is 17.1 Å². The number of nitrogens with zero attached hydrogens (tertiary/aromatic N) is 3. The van der Waals surface area contributed by atoms with Crippen LogP contribution in [0.15, 0.2) is 54.6 Å². The predicted molar refractivity (Wildman–Crippen MR) is 100 cm³/mol. The molecule has 9 heteroatoms. The molecule has 0 aliphatic carbocycles. The number of anilines is 3. The van der Waals surface area contributed by atoms with Crippen LogP contribution in [0.3, 0.4) is 0 Å². The second-order valence-electron chi connectivity index (χ2n) is 5.58. The fourth-order valence-corrected chi connectivity index (χ4v) is 2.32. The molecule has 0 aliphatic rings. The number of rotatable bonds is 6. The van der Waals surface area contributed by atoms with Gasteiger partial charge in [0.15, 0.2) is 11.5 Å². The van der Waals surface area contributed by atoms with Crippen molar-refractivity contribution >= 4 is 29.0 Å². The van der Waals surface area contributed by atoms with Crippen molar-refractivity contribution in [2.75, 3.05) is 23.5 Å². The van der Waals surface area contributed by atoms with E-state index in [-0.39, 0.29) is 24.0 Å². The van der Waals surface area contributed by atoms with Crippen molar-refractivity contribution in [3.8, 4) is 5.75 Å². The van der Waals surface area contributed by atoms with Crippen LogP contribution in [0.5, 0.6) is 5.75 Å². The summed E-state index contributed by atoms with van der Waals surface area (Å²) in [4.78, 5) is 24.4. The summed E-state index contributed by atoms with van der Waals surface area (Å²) in [7, 11) is 1.56. The maximum absolute atomic E-state index is 12.3. The average Bonchev–Trinajstić information content (AvgIpc) is 3.03. The Morgan fingerprint density at radius 1 is 1.04 bits per heavy atom. The molecule has 0 atom stereocenters. The molecule has 0 radical (unpaired) electrons. The fourth-order valence-electron chi connectivity index (χ4n) is 2.32. The Hall–Kier alpha value is -3.88. The maximum Gasteiger partial charge on any atom is 0.280 e. The highest BCUT2D eigenvalue weighted by Crippen LogP contribution is 2.16. The molecule has 138 valence electrons. The molecule has 3 aromatic rings. The van der Waals surface area contributed by atoms with E-state index in [1.54, 1.807) is 55.6 Å². The first-order valence-electron chi connectivity index (χ1n) is 8.06. The summed E-state index contributed by atoms with van der Waals surface area (Å²) in [5, 5.41) is 12.9. The summed E-state index contributed by atoms with van der Waals surface area (Å²) in [6.07, 6.45) is 0. The van der Waals surface area contributed by atoms with Crippen molar-refractivity contribution in [1.82, 2.24) is 15.0 Å². The lowest BCUT2D eigenvalue weighted by atomic mass is 10.3. The average molecular weight is 366 g/mol. The Morgan fingerprint density at radius 3 is 2.37 bits per heavy atom. The molecule has 0 unspecified atom stereocenters. The van der Waals surface area contributed by atoms with Crippen LogP contribution in [0.1, 0.15) is 10.5 Å². The number of para-hydroxylation sites is 1. The van der Waals surface area contributed by atoms with E-state index in [4.69, 9.17) is 10.5 Å². The molecule has 4 N–H and O–H groups in total. The van der Waals surface area contributed by atoms with Gasteiger partial charge < -0.3 is 21.1 Å². The van der Waals surface area contributed by atoms with Crippen LogP contribution in [0.4, 0.5) is 17.2 Å². The van der Waals surface area contributed by atoms with Crippen LogP contribution < -0.4 is 21.1 Å². The Morgan fingerprint density at radius 2 is 1.70 bits per heavy atom. The molecule has 0 fully saturated rings. The van der Waals surface area contributed by atoms with Crippen LogP contribution >= 0.6 is 0 Å². The summed E-state index contributed by atoms with van der Waals surface area (Å²) in [6.45, 7) is -0.177. The van der Waals surface area contributed by atoms with Crippen molar-refractivity contribution in [3.63, 3.8) is 0 Å². The number of nitrogen functional groups attached to an aromatic ring is 1. The third-order valence-corrected chi connectivity index (χ3v) is 3.69. The summed E-state index contributed by atoms with van der Waals surface area (Å²) in [5.41, 5.74) is 7.08. The van der Waals surface area contributed by atoms with Gasteiger partial charge in [-0.3, -0.25) is 9.59 Å². The number of carbonyl (C=O) groups is 2. The highest BCUT2D eigenvalue weighted by molar-refractivity contribution is 6.05. The van der Waals surface area contributed by atoms with E-state index in [9.17, 15) is 9.59 Å². The molecule has 1 heterocycles. The maximum atomic E-state index is 12.3. The largest absolute Gasteiger partial charge is 0.497 e. The normalized spacial score (nSPS) is 10.3. The van der Waals surface area contributed by atoms with Gasteiger partial charge in [0.1, 0.15) is 12.3 Å². The molecular formula is C18H18N6O3. The van der Waals surface area contributed by atoms with Crippen molar-refractivity contribution in [2.24, 2.45) is 0 Å². The van der Waals surface area contributed by atoms with E-state index < -0.39 is 5.91 Å². The van der Waals surface area contributed by atoms with Gasteiger partial charge in [0.05, 0.1) is 7.11 Å². The first-order chi connectivity index (χ1) is 13.1. The Labute approximate surface area is 155 Å². The molecule has 0 saturated carbocycles. The van der Waals surface area contributed by atoms with Crippen molar-refractivity contribution in [2.45, 2.75) is 6.54 Å². The number of benzene rings is 2. The summed E-state index contributed by atoms with van der Waals surface area (Å²) < 4.78 is 6.23. The quantitative estimate of drug-likeness (QED) is 0.611. The predicted octanol–water partition coefficient (Wildman–Crippen LogP) is 1.76. The minimum Gasteiger partial charge on any atom is -0.497 e. The topological polar surface area (TPSA) is 124 Å². The van der Waals surface area contributed by atoms with E-state index in [1.807, 2.05) is 6.07 Å². The van der Waals surface area contributed by atoms with Crippen molar-refractivity contribution in [1.29, 1.82) is 0 Å². The van der Waals surface area contributed by atoms with Crippen LogP contribution in [0.2, 0.25) is 0 Å². The van der Waals surface area contributed by atoms with E-state index >= 15 is 0 Å². The fraction of sp³-hybridized carbons (Fsp3) is 0.111. The summed E-state index contributed by atoms with van der Waals surface area (Å²) in [6, 6.07) is 15.8. The lowest BCUT2D eigenvalue weighted by molar-refractivity contribution is -0.116. The summed E-state index contributed by atoms with van der Waals surface area (Å²) >= 11 is 0. The number of hydrogen-bond acceptors (Lipinski definition) is 6. The Bertz CT molecular complexity index is 937. The van der Waals surface area contributed by atoms with Gasteiger partial charge in [-0.2, -0.15) is 0 Å². The zero-order valence-electron chi connectivity index (χ0n) is 14.5. The molecule has 2 aromatic carbocycles. The molecule has 9 nitrogen and oxygen atoms in total. The third kappa shape index (κ3) is 4.40. The van der Waals surface area contributed by atoms with Crippen molar-refractivity contribution in [3.05, 3.63) is 60.3 Å². The minimum absolute atomic E-state index is 0.00770. The number of amides is 2. The number of nitrogens with one attached hydrogen (secondary N) is 2. The molecule has 3 rings (SSSR count). The van der Waals surface area contributed by atoms with E-state index in [1.165, 1.54) is 4.68 Å². The number of nitrogens with two attached hydrogens (primary N) is 1. The monoisotopic (exact) mass is 366 g/mol. The number of hydrogen-bond donors (Lipinski definition) is 3. The van der Waals surface area contributed by atoms with Gasteiger partial charge in [0.2, 0.25) is 5.91 Å². The molecule has 0 bridgehead atoms. The van der Waals surface area contributed by atoms with E-state index in [2.05, 4.69) is 20.9 Å². The lowest BCUT2D eigenvalue weighted by Crippen LogP contribution is -2.21. The molecule has 2 amide bonds. The van der Waals surface area contributed by atoms with Crippen molar-refractivity contribution < 1.29 is 14.3 Å². The lowest BCUT2D eigenvalue weighted by Gasteiger charge is -2.07. The number of aromatic nitrogens is 3. The van der Waals surface area contributed by atoms with Gasteiger partial charge in [0, 0.05) is 11.4 Å². The molecular weight excluding hydrogens is 348 g/mol. The number of ether oxygens (including phenoxy) is 1. The number of methoxy groups -OCH3 is 1. The molecule has 27 heavy (non-hydrogen) atoms. The Balaban J connectivity index is 1.63. The zero-order valence-corrected chi connectivity index (χ0v) is 14.5. The molecule has 0 spiro atoms. The van der Waals surface area contributed by atoms with Gasteiger partial charge >= 0.3 is 0 Å². The third-order valence-electron chi connectivity index (χ3n) is 3.69. The first kappa shape index (κ1) is 17.9. The van der Waals surface area contributed by atoms with E-state index in [0.717, 1.165) is 0 Å². The standard InChI is InChI=1S/C18H18N6O3/c1-27-14-9-7-13(8-10-14)20-15(25)11-24-17(19)16(22-23-24)18(26)21-12-5-3-2-4-6-12/h2-10H,11,19H2,1H3,(H,20,25)(H,21,26). The highest BCUT2D eigenvalue weighted by atomic mass is 16.5. The van der Waals surface area contributed by atoms with Gasteiger partial charge in [-0.1, -0.05) is 23.4 Å². The second-order valence-corrected chi connectivity index (χ2v) is 5.58. The Kier molecular flexibility index (Phi) is 5.31. The number of carbonyl (C=O) groups excluding carboxylic acids is 2. The van der Waals surface area contributed by atoms with Gasteiger partial charge in [0.25, 0.3) is 5.91 Å². The molecule has 1 aromatic heterocycles. The van der Waals surface area contributed by atoms with Crippen LogP contribution in [-0.2, 0) is 11.3 Å². The molecule has 0 aliphatic heterocycles. The van der Waals surface area contributed by atoms with Gasteiger partial charge in [-0.25, -0.2) is 4.68 Å². The van der Waals surface area contributed by atoms with Crippen LogP contribution in [-0.4, -0.2) is 33.9 Å².